The number of nitrogens with one attached hydrogen (secondary N) is 2. The van der Waals surface area contributed by atoms with Gasteiger partial charge >= 0.3 is 0 Å². The van der Waals surface area contributed by atoms with Crippen molar-refractivity contribution in [3.63, 3.8) is 0 Å². The largest absolute Gasteiger partial charge is 0.377 e. The van der Waals surface area contributed by atoms with Gasteiger partial charge in [-0.15, -0.1) is 0 Å². The first-order valence-corrected chi connectivity index (χ1v) is 5.05. The molecule has 3 heterocycles. The third-order valence-electron chi connectivity index (χ3n) is 3.32. The summed E-state index contributed by atoms with van der Waals surface area (Å²) in [6.07, 6.45) is 2.17. The fraction of sp³-hybridized carbons (Fsp3) is 1.00. The Labute approximate surface area is 78.0 Å². The van der Waals surface area contributed by atoms with E-state index in [0.717, 1.165) is 45.8 Å². The molecule has 2 N–H and O–H groups in total. The van der Waals surface area contributed by atoms with E-state index in [2.05, 4.69) is 10.6 Å². The van der Waals surface area contributed by atoms with Crippen molar-refractivity contribution >= 4 is 0 Å². The Balaban J connectivity index is 1.76. The van der Waals surface area contributed by atoms with Crippen LogP contribution >= 0.6 is 0 Å². The number of ether oxygens (including phenoxy) is 2. The zero-order valence-corrected chi connectivity index (χ0v) is 7.77. The summed E-state index contributed by atoms with van der Waals surface area (Å²) in [6, 6.07) is 0. The SMILES string of the molecule is C1CC2(CN1)NC1(CCO2)COC1. The minimum absolute atomic E-state index is 0.0813. The van der Waals surface area contributed by atoms with Gasteiger partial charge in [-0.25, -0.2) is 0 Å². The van der Waals surface area contributed by atoms with Gasteiger partial charge in [0.1, 0.15) is 5.72 Å². The van der Waals surface area contributed by atoms with Crippen molar-refractivity contribution in [2.45, 2.75) is 24.1 Å². The number of rotatable bonds is 0. The van der Waals surface area contributed by atoms with Crippen LogP contribution in [0.15, 0.2) is 0 Å². The highest BCUT2D eigenvalue weighted by atomic mass is 16.5. The third-order valence-corrected chi connectivity index (χ3v) is 3.32. The summed E-state index contributed by atoms with van der Waals surface area (Å²) < 4.78 is 11.1. The van der Waals surface area contributed by atoms with Crippen LogP contribution in [0.1, 0.15) is 12.8 Å². The Morgan fingerprint density at radius 3 is 2.69 bits per heavy atom. The van der Waals surface area contributed by atoms with Gasteiger partial charge in [-0.05, 0) is 13.0 Å². The van der Waals surface area contributed by atoms with E-state index in [9.17, 15) is 0 Å². The van der Waals surface area contributed by atoms with Crippen molar-refractivity contribution in [1.82, 2.24) is 10.6 Å². The Kier molecular flexibility index (Phi) is 1.68. The molecular weight excluding hydrogens is 168 g/mol. The second kappa shape index (κ2) is 2.67. The van der Waals surface area contributed by atoms with E-state index in [-0.39, 0.29) is 11.3 Å². The van der Waals surface area contributed by atoms with Crippen molar-refractivity contribution < 1.29 is 9.47 Å². The molecule has 1 atom stereocenters. The van der Waals surface area contributed by atoms with Gasteiger partial charge in [-0.1, -0.05) is 0 Å². The summed E-state index contributed by atoms with van der Waals surface area (Å²) in [7, 11) is 0. The standard InChI is InChI=1S/C9H16N2O2/c1-3-10-5-9(1)11-8(2-4-13-9)6-12-7-8/h10-11H,1-7H2. The summed E-state index contributed by atoms with van der Waals surface area (Å²) in [5.41, 5.74) is 0.159. The molecule has 3 rings (SSSR count). The summed E-state index contributed by atoms with van der Waals surface area (Å²) in [5, 5.41) is 6.97. The van der Waals surface area contributed by atoms with Gasteiger partial charge in [0.25, 0.3) is 0 Å². The zero-order chi connectivity index (χ0) is 8.78. The van der Waals surface area contributed by atoms with Crippen LogP contribution < -0.4 is 10.6 Å². The summed E-state index contributed by atoms with van der Waals surface area (Å²) in [4.78, 5) is 0. The lowest BCUT2D eigenvalue weighted by molar-refractivity contribution is -0.188. The molecule has 2 spiro atoms. The van der Waals surface area contributed by atoms with Crippen molar-refractivity contribution in [2.75, 3.05) is 32.9 Å². The summed E-state index contributed by atoms with van der Waals surface area (Å²) in [6.45, 7) is 4.59. The first-order chi connectivity index (χ1) is 6.33. The van der Waals surface area contributed by atoms with Crippen LogP contribution in [0.5, 0.6) is 0 Å². The molecular formula is C9H16N2O2. The molecule has 0 aliphatic carbocycles. The van der Waals surface area contributed by atoms with Gasteiger partial charge in [0, 0.05) is 13.0 Å². The van der Waals surface area contributed by atoms with E-state index in [4.69, 9.17) is 9.47 Å². The Morgan fingerprint density at radius 2 is 2.08 bits per heavy atom. The van der Waals surface area contributed by atoms with Crippen molar-refractivity contribution in [1.29, 1.82) is 0 Å². The van der Waals surface area contributed by atoms with Crippen LogP contribution in [-0.4, -0.2) is 44.2 Å². The zero-order valence-electron chi connectivity index (χ0n) is 7.77. The van der Waals surface area contributed by atoms with E-state index >= 15 is 0 Å². The van der Waals surface area contributed by atoms with Crippen LogP contribution in [0.25, 0.3) is 0 Å². The second-order valence-electron chi connectivity index (χ2n) is 4.42. The van der Waals surface area contributed by atoms with E-state index in [1.54, 1.807) is 0 Å². The molecule has 3 aliphatic heterocycles. The number of hydrogen-bond acceptors (Lipinski definition) is 4. The van der Waals surface area contributed by atoms with E-state index in [1.165, 1.54) is 0 Å². The maximum Gasteiger partial charge on any atom is 0.133 e. The molecule has 1 unspecified atom stereocenters. The monoisotopic (exact) mass is 184 g/mol. The van der Waals surface area contributed by atoms with E-state index in [0.29, 0.717) is 0 Å². The minimum Gasteiger partial charge on any atom is -0.377 e. The molecule has 0 aromatic rings. The first-order valence-electron chi connectivity index (χ1n) is 5.05. The van der Waals surface area contributed by atoms with E-state index in [1.807, 2.05) is 0 Å². The molecule has 13 heavy (non-hydrogen) atoms. The fourth-order valence-corrected chi connectivity index (χ4v) is 2.49. The maximum atomic E-state index is 5.83. The minimum atomic E-state index is -0.0813. The van der Waals surface area contributed by atoms with Crippen LogP contribution in [0.2, 0.25) is 0 Å². The van der Waals surface area contributed by atoms with Crippen LogP contribution in [0.3, 0.4) is 0 Å². The van der Waals surface area contributed by atoms with Gasteiger partial charge in [0.05, 0.1) is 25.4 Å². The quantitative estimate of drug-likeness (QED) is 0.530. The molecule has 3 fully saturated rings. The smallest absolute Gasteiger partial charge is 0.133 e. The van der Waals surface area contributed by atoms with E-state index < -0.39 is 0 Å². The molecule has 0 aromatic carbocycles. The Hall–Kier alpha value is -0.160. The average Bonchev–Trinajstić information content (AvgIpc) is 2.51. The molecule has 0 bridgehead atoms. The lowest BCUT2D eigenvalue weighted by Crippen LogP contribution is -2.72. The fourth-order valence-electron chi connectivity index (χ4n) is 2.49. The second-order valence-corrected chi connectivity index (χ2v) is 4.42. The molecule has 0 saturated carbocycles. The molecule has 3 aliphatic rings. The van der Waals surface area contributed by atoms with Gasteiger partial charge in [-0.3, -0.25) is 5.32 Å². The Morgan fingerprint density at radius 1 is 1.15 bits per heavy atom. The first kappa shape index (κ1) is 8.17. The molecule has 0 aromatic heterocycles. The van der Waals surface area contributed by atoms with Crippen LogP contribution in [-0.2, 0) is 9.47 Å². The third kappa shape index (κ3) is 1.21. The lowest BCUT2D eigenvalue weighted by Gasteiger charge is -2.51. The van der Waals surface area contributed by atoms with Crippen molar-refractivity contribution in [3.05, 3.63) is 0 Å². The van der Waals surface area contributed by atoms with Crippen molar-refractivity contribution in [3.8, 4) is 0 Å². The predicted octanol–water partition coefficient (Wildman–Crippen LogP) is -0.545. The highest BCUT2D eigenvalue weighted by molar-refractivity contribution is 5.04. The number of hydrogen-bond donors (Lipinski definition) is 2. The molecule has 74 valence electrons. The van der Waals surface area contributed by atoms with Gasteiger partial charge in [-0.2, -0.15) is 0 Å². The topological polar surface area (TPSA) is 42.5 Å². The van der Waals surface area contributed by atoms with Crippen molar-refractivity contribution in [2.24, 2.45) is 0 Å². The molecule has 4 heteroatoms. The molecule has 0 radical (unpaired) electrons. The molecule has 0 amide bonds. The lowest BCUT2D eigenvalue weighted by atomic mass is 9.89. The maximum absolute atomic E-state index is 5.83. The highest BCUT2D eigenvalue weighted by Gasteiger charge is 2.50. The Bertz CT molecular complexity index is 210. The molecule has 4 nitrogen and oxygen atoms in total. The highest BCUT2D eigenvalue weighted by Crippen LogP contribution is 2.32. The van der Waals surface area contributed by atoms with Gasteiger partial charge < -0.3 is 14.8 Å². The molecule has 3 saturated heterocycles. The van der Waals surface area contributed by atoms with Gasteiger partial charge in [0.2, 0.25) is 0 Å². The van der Waals surface area contributed by atoms with Crippen LogP contribution in [0, 0.1) is 0 Å². The summed E-state index contributed by atoms with van der Waals surface area (Å²) in [5.74, 6) is 0. The summed E-state index contributed by atoms with van der Waals surface area (Å²) >= 11 is 0. The van der Waals surface area contributed by atoms with Gasteiger partial charge in [0.15, 0.2) is 0 Å². The van der Waals surface area contributed by atoms with Crippen LogP contribution in [0.4, 0.5) is 0 Å². The average molecular weight is 184 g/mol. The normalized spacial score (nSPS) is 42.5. The predicted molar refractivity (Wildman–Crippen MR) is 47.5 cm³/mol.